The Bertz CT molecular complexity index is 1260. The summed E-state index contributed by atoms with van der Waals surface area (Å²) >= 11 is 3.04. The molecule has 1 aliphatic heterocycles. The number of hydrogen-bond acceptors (Lipinski definition) is 6. The first-order valence-electron chi connectivity index (χ1n) is 10.7. The zero-order valence-electron chi connectivity index (χ0n) is 18.1. The van der Waals surface area contributed by atoms with Crippen LogP contribution in [-0.4, -0.2) is 43.5 Å². The molecule has 1 atom stereocenters. The highest BCUT2D eigenvalue weighted by Gasteiger charge is 2.32. The maximum absolute atomic E-state index is 13.2. The molecule has 0 radical (unpaired) electrons. The lowest BCUT2D eigenvalue weighted by Crippen LogP contribution is -2.30. The lowest BCUT2D eigenvalue weighted by atomic mass is 10.1. The number of carbonyl (C=O) groups excluding carboxylic acids is 2. The molecule has 2 aromatic carbocycles. The van der Waals surface area contributed by atoms with Crippen LogP contribution in [0.25, 0.3) is 10.2 Å². The van der Waals surface area contributed by atoms with E-state index in [4.69, 9.17) is 4.98 Å². The molecule has 7 nitrogen and oxygen atoms in total. The number of fused-ring (bicyclic) bond motifs is 1. The number of nitrogens with zero attached hydrogens (tertiary/aromatic N) is 4. The molecule has 3 heterocycles. The molecule has 33 heavy (non-hydrogen) atoms. The zero-order chi connectivity index (χ0) is 22.8. The van der Waals surface area contributed by atoms with E-state index in [1.165, 1.54) is 11.8 Å². The van der Waals surface area contributed by atoms with Gasteiger partial charge in [0.1, 0.15) is 5.01 Å². The summed E-state index contributed by atoms with van der Waals surface area (Å²) < 4.78 is 3.02. The number of carbonyl (C=O) groups is 2. The van der Waals surface area contributed by atoms with E-state index in [0.29, 0.717) is 11.3 Å². The van der Waals surface area contributed by atoms with Gasteiger partial charge in [0.25, 0.3) is 5.91 Å². The average molecular weight is 478 g/mol. The minimum absolute atomic E-state index is 0.0000274. The van der Waals surface area contributed by atoms with E-state index in [1.54, 1.807) is 41.8 Å². The van der Waals surface area contributed by atoms with Crippen molar-refractivity contribution in [3.8, 4) is 0 Å². The van der Waals surface area contributed by atoms with Crippen molar-refractivity contribution in [1.29, 1.82) is 0 Å². The zero-order valence-corrected chi connectivity index (χ0v) is 19.7. The van der Waals surface area contributed by atoms with Gasteiger partial charge in [-0.1, -0.05) is 23.9 Å². The fourth-order valence-electron chi connectivity index (χ4n) is 3.98. The largest absolute Gasteiger partial charge is 0.329 e. The molecule has 5 rings (SSSR count). The number of aromatic nitrogens is 3. The SMILES string of the molecule is Cn1ccnc1SCC(=O)Nc1ccc(C(=O)N2CCC[C@H]2c2nc3ccccc3s2)cc1. The molecule has 9 heteroatoms. The van der Waals surface area contributed by atoms with Crippen LogP contribution in [-0.2, 0) is 11.8 Å². The molecule has 2 aromatic heterocycles. The van der Waals surface area contributed by atoms with E-state index in [1.807, 2.05) is 40.9 Å². The molecule has 1 fully saturated rings. The molecule has 0 unspecified atom stereocenters. The van der Waals surface area contributed by atoms with E-state index >= 15 is 0 Å². The van der Waals surface area contributed by atoms with Crippen LogP contribution < -0.4 is 5.32 Å². The van der Waals surface area contributed by atoms with Crippen molar-refractivity contribution in [2.24, 2.45) is 7.05 Å². The Morgan fingerprint density at radius 2 is 2.00 bits per heavy atom. The third-order valence-electron chi connectivity index (χ3n) is 5.63. The van der Waals surface area contributed by atoms with Crippen molar-refractivity contribution in [2.45, 2.75) is 24.0 Å². The number of benzene rings is 2. The molecule has 0 bridgehead atoms. The van der Waals surface area contributed by atoms with E-state index in [9.17, 15) is 9.59 Å². The number of para-hydroxylation sites is 1. The lowest BCUT2D eigenvalue weighted by Gasteiger charge is -2.23. The van der Waals surface area contributed by atoms with Gasteiger partial charge in [-0.3, -0.25) is 9.59 Å². The molecule has 0 spiro atoms. The van der Waals surface area contributed by atoms with Crippen LogP contribution >= 0.6 is 23.1 Å². The van der Waals surface area contributed by atoms with Gasteiger partial charge in [0.15, 0.2) is 5.16 Å². The van der Waals surface area contributed by atoms with Crippen molar-refractivity contribution in [3.05, 3.63) is 71.5 Å². The number of aryl methyl sites for hydroxylation is 1. The van der Waals surface area contributed by atoms with Crippen LogP contribution in [0.2, 0.25) is 0 Å². The number of nitrogens with one attached hydrogen (secondary N) is 1. The van der Waals surface area contributed by atoms with Crippen molar-refractivity contribution in [3.63, 3.8) is 0 Å². The van der Waals surface area contributed by atoms with E-state index in [-0.39, 0.29) is 23.6 Å². The maximum atomic E-state index is 13.2. The molecule has 1 saturated heterocycles. The number of imidazole rings is 1. The Morgan fingerprint density at radius 1 is 1.18 bits per heavy atom. The third kappa shape index (κ3) is 4.65. The van der Waals surface area contributed by atoms with Crippen molar-refractivity contribution < 1.29 is 9.59 Å². The number of rotatable bonds is 6. The Hall–Kier alpha value is -3.17. The number of amides is 2. The van der Waals surface area contributed by atoms with Crippen LogP contribution in [0.1, 0.15) is 34.2 Å². The molecule has 2 amide bonds. The monoisotopic (exact) mass is 477 g/mol. The number of anilines is 1. The number of thiazole rings is 1. The third-order valence-corrected chi connectivity index (χ3v) is 7.83. The van der Waals surface area contributed by atoms with Crippen LogP contribution in [0.4, 0.5) is 5.69 Å². The van der Waals surface area contributed by atoms with Gasteiger partial charge in [-0.05, 0) is 49.2 Å². The summed E-state index contributed by atoms with van der Waals surface area (Å²) in [7, 11) is 1.89. The van der Waals surface area contributed by atoms with Gasteiger partial charge in [0.05, 0.1) is 22.0 Å². The van der Waals surface area contributed by atoms with E-state index < -0.39 is 0 Å². The van der Waals surface area contributed by atoms with Gasteiger partial charge >= 0.3 is 0 Å². The number of thioether (sulfide) groups is 1. The highest BCUT2D eigenvalue weighted by Crippen LogP contribution is 2.37. The summed E-state index contributed by atoms with van der Waals surface area (Å²) in [5.74, 6) is 0.154. The van der Waals surface area contributed by atoms with Gasteiger partial charge < -0.3 is 14.8 Å². The van der Waals surface area contributed by atoms with E-state index in [0.717, 1.165) is 39.8 Å². The topological polar surface area (TPSA) is 80.1 Å². The predicted octanol–water partition coefficient (Wildman–Crippen LogP) is 4.74. The van der Waals surface area contributed by atoms with Gasteiger partial charge in [0, 0.05) is 37.2 Å². The first-order valence-corrected chi connectivity index (χ1v) is 12.5. The Kier molecular flexibility index (Phi) is 6.15. The Balaban J connectivity index is 1.23. The predicted molar refractivity (Wildman–Crippen MR) is 132 cm³/mol. The van der Waals surface area contributed by atoms with Crippen molar-refractivity contribution in [2.75, 3.05) is 17.6 Å². The Morgan fingerprint density at radius 3 is 2.76 bits per heavy atom. The first-order chi connectivity index (χ1) is 16.1. The minimum atomic E-state index is -0.113. The second-order valence-electron chi connectivity index (χ2n) is 7.91. The normalized spacial score (nSPS) is 15.8. The molecule has 1 N–H and O–H groups in total. The molecule has 4 aromatic rings. The number of likely N-dealkylation sites (tertiary alicyclic amines) is 1. The summed E-state index contributed by atoms with van der Waals surface area (Å²) in [4.78, 5) is 36.4. The average Bonchev–Trinajstić information content (AvgIpc) is 3.56. The van der Waals surface area contributed by atoms with Gasteiger partial charge in [0.2, 0.25) is 5.91 Å². The lowest BCUT2D eigenvalue weighted by molar-refractivity contribution is -0.113. The molecule has 0 aliphatic carbocycles. The van der Waals surface area contributed by atoms with E-state index in [2.05, 4.69) is 16.4 Å². The van der Waals surface area contributed by atoms with Crippen molar-refractivity contribution >= 4 is 50.8 Å². The van der Waals surface area contributed by atoms with Crippen LogP contribution in [0, 0.1) is 0 Å². The summed E-state index contributed by atoms with van der Waals surface area (Å²) in [5.41, 5.74) is 2.27. The summed E-state index contributed by atoms with van der Waals surface area (Å²) in [6, 6.07) is 15.2. The highest BCUT2D eigenvalue weighted by atomic mass is 32.2. The fraction of sp³-hybridized carbons (Fsp3) is 0.250. The Labute approximate surface area is 199 Å². The van der Waals surface area contributed by atoms with Gasteiger partial charge in [-0.15, -0.1) is 11.3 Å². The minimum Gasteiger partial charge on any atom is -0.329 e. The quantitative estimate of drug-likeness (QED) is 0.406. The first kappa shape index (κ1) is 21.7. The standard InChI is InChI=1S/C24H23N5O2S2/c1-28-14-12-25-24(28)32-15-21(30)26-17-10-8-16(9-11-17)23(31)29-13-4-6-19(29)22-27-18-5-2-3-7-20(18)33-22/h2-3,5,7-12,14,19H,4,6,13,15H2,1H3,(H,26,30)/t19-/m0/s1. The van der Waals surface area contributed by atoms with Gasteiger partial charge in [-0.25, -0.2) is 9.97 Å². The maximum Gasteiger partial charge on any atom is 0.254 e. The van der Waals surface area contributed by atoms with Crippen LogP contribution in [0.15, 0.2) is 66.1 Å². The fourth-order valence-corrected chi connectivity index (χ4v) is 5.83. The van der Waals surface area contributed by atoms with Crippen LogP contribution in [0.5, 0.6) is 0 Å². The van der Waals surface area contributed by atoms with Crippen LogP contribution in [0.3, 0.4) is 0 Å². The smallest absolute Gasteiger partial charge is 0.254 e. The molecule has 1 aliphatic rings. The summed E-state index contributed by atoms with van der Waals surface area (Å²) in [6.45, 7) is 0.725. The number of hydrogen-bond donors (Lipinski definition) is 1. The molecular formula is C24H23N5O2S2. The second kappa shape index (κ2) is 9.36. The van der Waals surface area contributed by atoms with Gasteiger partial charge in [-0.2, -0.15) is 0 Å². The summed E-state index contributed by atoms with van der Waals surface area (Å²) in [5, 5.41) is 4.67. The summed E-state index contributed by atoms with van der Waals surface area (Å²) in [6.07, 6.45) is 5.44. The molecule has 0 saturated carbocycles. The molecule has 168 valence electrons. The highest BCUT2D eigenvalue weighted by molar-refractivity contribution is 7.99. The van der Waals surface area contributed by atoms with Crippen molar-refractivity contribution in [1.82, 2.24) is 19.4 Å². The second-order valence-corrected chi connectivity index (χ2v) is 9.92. The molecular weight excluding hydrogens is 454 g/mol.